The third kappa shape index (κ3) is 4.06. The Bertz CT molecular complexity index is 1360. The third-order valence-electron chi connectivity index (χ3n) is 6.10. The molecule has 4 aromatic rings. The van der Waals surface area contributed by atoms with Gasteiger partial charge in [-0.2, -0.15) is 4.37 Å². The summed E-state index contributed by atoms with van der Waals surface area (Å²) in [6.45, 7) is 5.09. The number of phenols is 1. The number of aliphatic hydroxyl groups excluding tert-OH is 1. The minimum absolute atomic E-state index is 0.0480. The van der Waals surface area contributed by atoms with Crippen molar-refractivity contribution in [1.82, 2.24) is 9.69 Å². The summed E-state index contributed by atoms with van der Waals surface area (Å²) in [6, 6.07) is 12.5. The Balaban J connectivity index is 1.58. The van der Waals surface area contributed by atoms with E-state index >= 15 is 4.39 Å². The van der Waals surface area contributed by atoms with Crippen molar-refractivity contribution in [2.75, 3.05) is 18.0 Å². The lowest BCUT2D eigenvalue weighted by atomic mass is 9.96. The molecular formula is C25H23ClFN3O2S. The van der Waals surface area contributed by atoms with Gasteiger partial charge in [0, 0.05) is 30.1 Å². The van der Waals surface area contributed by atoms with Gasteiger partial charge in [-0.3, -0.25) is 5.32 Å². The smallest absolute Gasteiger partial charge is 0.159 e. The van der Waals surface area contributed by atoms with Crippen molar-refractivity contribution in [3.05, 3.63) is 66.0 Å². The second-order valence-corrected chi connectivity index (χ2v) is 9.44. The minimum atomic E-state index is -0.764. The molecule has 0 radical (unpaired) electrons. The third-order valence-corrected chi connectivity index (χ3v) is 7.32. The van der Waals surface area contributed by atoms with Crippen molar-refractivity contribution in [3.8, 4) is 16.9 Å². The number of nitrogens with zero attached hydrogens (tertiary/aromatic N) is 2. The monoisotopic (exact) mass is 483 g/mol. The molecule has 1 aromatic heterocycles. The quantitative estimate of drug-likeness (QED) is 0.252. The average Bonchev–Trinajstić information content (AvgIpc) is 3.23. The van der Waals surface area contributed by atoms with E-state index in [1.807, 2.05) is 24.3 Å². The summed E-state index contributed by atoms with van der Waals surface area (Å²) in [7, 11) is 0. The van der Waals surface area contributed by atoms with Gasteiger partial charge < -0.3 is 15.1 Å². The number of anilines is 1. The number of hydrogen-bond acceptors (Lipinski definition) is 6. The van der Waals surface area contributed by atoms with Crippen LogP contribution in [0.1, 0.15) is 12.8 Å². The van der Waals surface area contributed by atoms with E-state index in [1.165, 1.54) is 23.7 Å². The van der Waals surface area contributed by atoms with E-state index in [2.05, 4.69) is 21.2 Å². The summed E-state index contributed by atoms with van der Waals surface area (Å²) in [5.74, 6) is -0.448. The molecule has 1 aliphatic rings. The topological polar surface area (TPSA) is 68.6 Å². The molecule has 0 aliphatic carbocycles. The number of halogens is 2. The molecular weight excluding hydrogens is 461 g/mol. The highest BCUT2D eigenvalue weighted by atomic mass is 35.5. The van der Waals surface area contributed by atoms with Crippen LogP contribution in [-0.4, -0.2) is 39.9 Å². The highest BCUT2D eigenvalue weighted by Gasteiger charge is 2.26. The van der Waals surface area contributed by atoms with E-state index in [-0.39, 0.29) is 27.9 Å². The summed E-state index contributed by atoms with van der Waals surface area (Å²) < 4.78 is 20.3. The number of fused-ring (bicyclic) bond motifs is 2. The van der Waals surface area contributed by atoms with E-state index in [0.717, 1.165) is 35.2 Å². The number of piperidine rings is 1. The highest BCUT2D eigenvalue weighted by Crippen LogP contribution is 2.44. The maximum atomic E-state index is 15.9. The molecule has 2 heterocycles. The van der Waals surface area contributed by atoms with Gasteiger partial charge in [0.2, 0.25) is 0 Å². The lowest BCUT2D eigenvalue weighted by Gasteiger charge is -2.34. The maximum Gasteiger partial charge on any atom is 0.159 e. The van der Waals surface area contributed by atoms with E-state index in [4.69, 9.17) is 11.6 Å². The highest BCUT2D eigenvalue weighted by molar-refractivity contribution is 7.11. The zero-order valence-corrected chi connectivity index (χ0v) is 19.3. The second kappa shape index (κ2) is 8.91. The predicted molar refractivity (Wildman–Crippen MR) is 134 cm³/mol. The van der Waals surface area contributed by atoms with E-state index in [1.54, 1.807) is 12.1 Å². The normalized spacial score (nSPS) is 17.5. The van der Waals surface area contributed by atoms with Crippen LogP contribution in [0.25, 0.3) is 32.8 Å². The summed E-state index contributed by atoms with van der Waals surface area (Å²) in [4.78, 5) is 2.16. The van der Waals surface area contributed by atoms with Crippen LogP contribution in [0.3, 0.4) is 0 Å². The molecule has 33 heavy (non-hydrogen) atoms. The molecule has 1 unspecified atom stereocenters. The molecule has 0 spiro atoms. The Kier molecular flexibility index (Phi) is 5.97. The molecule has 1 saturated heterocycles. The molecule has 3 N–H and O–H groups in total. The van der Waals surface area contributed by atoms with Crippen molar-refractivity contribution in [1.29, 1.82) is 0 Å². The zero-order chi connectivity index (χ0) is 23.1. The van der Waals surface area contributed by atoms with Gasteiger partial charge in [-0.1, -0.05) is 42.4 Å². The van der Waals surface area contributed by atoms with Crippen LogP contribution in [0.15, 0.2) is 55.1 Å². The number of aromatic hydroxyl groups is 1. The Morgan fingerprint density at radius 2 is 2.09 bits per heavy atom. The summed E-state index contributed by atoms with van der Waals surface area (Å²) >= 11 is 7.91. The van der Waals surface area contributed by atoms with Gasteiger partial charge in [-0.15, -0.1) is 0 Å². The van der Waals surface area contributed by atoms with Crippen molar-refractivity contribution in [3.63, 3.8) is 0 Å². The Morgan fingerprint density at radius 3 is 2.91 bits per heavy atom. The number of aromatic nitrogens is 1. The fourth-order valence-electron chi connectivity index (χ4n) is 4.58. The first-order valence-corrected chi connectivity index (χ1v) is 11.9. The van der Waals surface area contributed by atoms with Crippen LogP contribution >= 0.6 is 23.1 Å². The largest absolute Gasteiger partial charge is 0.508 e. The summed E-state index contributed by atoms with van der Waals surface area (Å²) in [6.07, 6.45) is 2.56. The van der Waals surface area contributed by atoms with Crippen LogP contribution < -0.4 is 10.2 Å². The van der Waals surface area contributed by atoms with Gasteiger partial charge in [0.05, 0.1) is 5.02 Å². The Hall–Kier alpha value is -2.71. The number of nitrogens with one attached hydrogen (secondary N) is 1. The fourth-order valence-corrected chi connectivity index (χ4v) is 5.77. The van der Waals surface area contributed by atoms with E-state index in [9.17, 15) is 10.2 Å². The molecule has 170 valence electrons. The lowest BCUT2D eigenvalue weighted by Crippen LogP contribution is -2.48. The molecule has 1 aliphatic heterocycles. The SMILES string of the molecule is C=CC(O)N[C@@H]1CCCN(c2snc3c(F)c(-c4cc(O)cc5ccccc45)c(Cl)cc23)C1. The van der Waals surface area contributed by atoms with Gasteiger partial charge in [-0.25, -0.2) is 4.39 Å². The maximum absolute atomic E-state index is 15.9. The Labute approximate surface area is 199 Å². The summed E-state index contributed by atoms with van der Waals surface area (Å²) in [5, 5.41) is 26.6. The number of phenolic OH excluding ortho intramolecular Hbond substituents is 1. The van der Waals surface area contributed by atoms with E-state index < -0.39 is 12.0 Å². The fraction of sp³-hybridized carbons (Fsp3) is 0.240. The van der Waals surface area contributed by atoms with Crippen LogP contribution in [0.5, 0.6) is 5.75 Å². The molecule has 3 aromatic carbocycles. The van der Waals surface area contributed by atoms with Crippen LogP contribution in [-0.2, 0) is 0 Å². The van der Waals surface area contributed by atoms with Crippen molar-refractivity contribution in [2.45, 2.75) is 25.1 Å². The van der Waals surface area contributed by atoms with Gasteiger partial charge in [0.25, 0.3) is 0 Å². The van der Waals surface area contributed by atoms with Crippen molar-refractivity contribution >= 4 is 49.8 Å². The molecule has 2 atom stereocenters. The molecule has 5 nitrogen and oxygen atoms in total. The van der Waals surface area contributed by atoms with Crippen LogP contribution in [0, 0.1) is 5.82 Å². The van der Waals surface area contributed by atoms with Gasteiger partial charge >= 0.3 is 0 Å². The predicted octanol–water partition coefficient (Wildman–Crippen LogP) is 5.68. The number of hydrogen-bond donors (Lipinski definition) is 3. The Morgan fingerprint density at radius 1 is 1.27 bits per heavy atom. The first-order valence-electron chi connectivity index (χ1n) is 10.8. The summed E-state index contributed by atoms with van der Waals surface area (Å²) in [5.41, 5.74) is 1.04. The molecule has 5 rings (SSSR count). The first kappa shape index (κ1) is 22.1. The standard InChI is InChI=1S/C25H23ClFN3O2S/c1-2-21(32)28-15-7-5-9-30(13-15)25-19-12-20(26)22(23(27)24(19)29-33-25)18-11-16(31)10-14-6-3-4-8-17(14)18/h2-4,6,8,10-12,15,21,28,31-32H,1,5,7,9,13H2/t15-,21?/m1/s1. The van der Waals surface area contributed by atoms with Gasteiger partial charge in [0.1, 0.15) is 22.5 Å². The molecule has 8 heteroatoms. The van der Waals surface area contributed by atoms with E-state index in [0.29, 0.717) is 17.5 Å². The van der Waals surface area contributed by atoms with Crippen molar-refractivity contribution < 1.29 is 14.6 Å². The molecule has 0 amide bonds. The lowest BCUT2D eigenvalue weighted by molar-refractivity contribution is 0.162. The molecule has 0 saturated carbocycles. The van der Waals surface area contributed by atoms with Gasteiger partial charge in [0.15, 0.2) is 5.82 Å². The first-order chi connectivity index (χ1) is 16.0. The van der Waals surface area contributed by atoms with Crippen LogP contribution in [0.2, 0.25) is 5.02 Å². The number of benzene rings is 3. The number of aliphatic hydroxyl groups is 1. The number of rotatable bonds is 5. The van der Waals surface area contributed by atoms with Crippen molar-refractivity contribution in [2.24, 2.45) is 0 Å². The second-order valence-electron chi connectivity index (χ2n) is 8.28. The minimum Gasteiger partial charge on any atom is -0.508 e. The van der Waals surface area contributed by atoms with Gasteiger partial charge in [-0.05, 0) is 65.0 Å². The average molecular weight is 484 g/mol. The molecule has 0 bridgehead atoms. The van der Waals surface area contributed by atoms with Crippen LogP contribution in [0.4, 0.5) is 9.39 Å². The molecule has 1 fully saturated rings. The zero-order valence-electron chi connectivity index (χ0n) is 17.8.